The van der Waals surface area contributed by atoms with E-state index in [1.54, 1.807) is 0 Å². The summed E-state index contributed by atoms with van der Waals surface area (Å²) in [5.74, 6) is -1.03. The first-order chi connectivity index (χ1) is 15.7. The normalized spacial score (nSPS) is 16.6. The lowest BCUT2D eigenvalue weighted by Gasteiger charge is -2.26. The molecule has 1 unspecified atom stereocenters. The minimum absolute atomic E-state index is 0.00282. The number of carbonyl (C=O) groups is 1. The van der Waals surface area contributed by atoms with Crippen LogP contribution in [0.3, 0.4) is 0 Å². The number of hydrogen-bond acceptors (Lipinski definition) is 3. The molecule has 178 valence electrons. The molecule has 0 N–H and O–H groups in total. The summed E-state index contributed by atoms with van der Waals surface area (Å²) >= 11 is 0. The monoisotopic (exact) mass is 499 g/mol. The van der Waals surface area contributed by atoms with Crippen LogP contribution in [0.2, 0.25) is 0 Å². The summed E-state index contributed by atoms with van der Waals surface area (Å²) in [4.78, 5) is 13.0. The molecule has 3 aromatic rings. The van der Waals surface area contributed by atoms with Crippen LogP contribution in [0, 0.1) is 6.92 Å². The molecule has 11 heteroatoms. The van der Waals surface area contributed by atoms with Crippen molar-refractivity contribution < 1.29 is 39.6 Å². The van der Waals surface area contributed by atoms with Crippen LogP contribution in [0.15, 0.2) is 71.6 Å². The van der Waals surface area contributed by atoms with Gasteiger partial charge in [-0.05, 0) is 53.9 Å². The zero-order chi connectivity index (χ0) is 25.1. The van der Waals surface area contributed by atoms with Crippen molar-refractivity contribution in [3.8, 4) is 0 Å². The van der Waals surface area contributed by atoms with Gasteiger partial charge in [-0.25, -0.2) is 12.7 Å². The van der Waals surface area contributed by atoms with Gasteiger partial charge in [-0.2, -0.15) is 26.3 Å². The number of hydrogen-bond donors (Lipinski definition) is 0. The lowest BCUT2D eigenvalue weighted by Crippen LogP contribution is -2.35. The van der Waals surface area contributed by atoms with Crippen molar-refractivity contribution in [2.45, 2.75) is 30.2 Å². The van der Waals surface area contributed by atoms with E-state index < -0.39 is 51.0 Å². The van der Waals surface area contributed by atoms with Gasteiger partial charge in [0.2, 0.25) is 0 Å². The lowest BCUT2D eigenvalue weighted by atomic mass is 9.93. The van der Waals surface area contributed by atoms with Crippen LogP contribution >= 0.6 is 0 Å². The van der Waals surface area contributed by atoms with Crippen LogP contribution in [-0.4, -0.2) is 18.6 Å². The largest absolute Gasteiger partial charge is 0.416 e. The van der Waals surface area contributed by atoms with Crippen molar-refractivity contribution in [3.05, 3.63) is 100 Å². The second kappa shape index (κ2) is 7.86. The number of nitrogens with zero attached hydrogens (tertiary/aromatic N) is 1. The molecule has 0 spiro atoms. The Balaban J connectivity index is 2.03. The molecule has 0 saturated carbocycles. The molecule has 0 saturated heterocycles. The van der Waals surface area contributed by atoms with E-state index >= 15 is 0 Å². The van der Waals surface area contributed by atoms with Crippen molar-refractivity contribution in [1.29, 1.82) is 0 Å². The molecule has 0 aromatic heterocycles. The molecule has 0 bridgehead atoms. The topological polar surface area (TPSA) is 54.5 Å². The number of rotatable bonds is 3. The quantitative estimate of drug-likeness (QED) is 0.418. The van der Waals surface area contributed by atoms with Gasteiger partial charge < -0.3 is 0 Å². The lowest BCUT2D eigenvalue weighted by molar-refractivity contribution is -0.143. The van der Waals surface area contributed by atoms with Gasteiger partial charge in [-0.15, -0.1) is 0 Å². The summed E-state index contributed by atoms with van der Waals surface area (Å²) in [6, 6.07) is 10.0. The average Bonchev–Trinajstić information content (AvgIpc) is 3.07. The van der Waals surface area contributed by atoms with Gasteiger partial charge in [0.05, 0.1) is 22.1 Å². The minimum Gasteiger partial charge on any atom is -0.268 e. The second-order valence-corrected chi connectivity index (χ2v) is 9.51. The first-order valence-corrected chi connectivity index (χ1v) is 11.2. The summed E-state index contributed by atoms with van der Waals surface area (Å²) in [5.41, 5.74) is -3.60. The van der Waals surface area contributed by atoms with Gasteiger partial charge in [0.15, 0.2) is 0 Å². The van der Waals surface area contributed by atoms with Gasteiger partial charge in [0.1, 0.15) is 0 Å². The molecule has 1 aliphatic rings. The number of halogens is 6. The predicted molar refractivity (Wildman–Crippen MR) is 109 cm³/mol. The van der Waals surface area contributed by atoms with Crippen molar-refractivity contribution in [1.82, 2.24) is 4.31 Å². The number of fused-ring (bicyclic) bond motifs is 1. The standard InChI is InChI=1S/C23H15F6NO3S/c1-13-6-5-9-18-19(13)21(31)30(34(32,33)17-7-3-2-4-8-17)20(18)14-10-15(22(24,25)26)12-16(11-14)23(27,28)29/h2-12,20H,1H3. The maximum Gasteiger partial charge on any atom is 0.416 e. The Hall–Kier alpha value is -3.34. The van der Waals surface area contributed by atoms with E-state index in [-0.39, 0.29) is 22.1 Å². The first kappa shape index (κ1) is 23.8. The Kier molecular flexibility index (Phi) is 5.51. The van der Waals surface area contributed by atoms with Crippen LogP contribution in [0.1, 0.15) is 44.2 Å². The summed E-state index contributed by atoms with van der Waals surface area (Å²) in [6.07, 6.45) is -10.3. The van der Waals surface area contributed by atoms with E-state index in [1.165, 1.54) is 55.5 Å². The third kappa shape index (κ3) is 3.93. The molecule has 0 aliphatic carbocycles. The molecular weight excluding hydrogens is 484 g/mol. The minimum atomic E-state index is -5.14. The molecule has 1 heterocycles. The Morgan fingerprint density at radius 1 is 0.794 bits per heavy atom. The van der Waals surface area contributed by atoms with Crippen LogP contribution < -0.4 is 0 Å². The number of sulfonamides is 1. The number of carbonyl (C=O) groups excluding carboxylic acids is 1. The van der Waals surface area contributed by atoms with E-state index in [2.05, 4.69) is 0 Å². The van der Waals surface area contributed by atoms with Gasteiger partial charge >= 0.3 is 12.4 Å². The summed E-state index contributed by atoms with van der Waals surface area (Å²) in [6.45, 7) is 1.50. The zero-order valence-electron chi connectivity index (χ0n) is 17.3. The van der Waals surface area contributed by atoms with Crippen LogP contribution in [0.25, 0.3) is 0 Å². The molecule has 34 heavy (non-hydrogen) atoms. The van der Waals surface area contributed by atoms with Crippen molar-refractivity contribution >= 4 is 15.9 Å². The van der Waals surface area contributed by atoms with E-state index in [1.807, 2.05) is 0 Å². The molecule has 4 nitrogen and oxygen atoms in total. The average molecular weight is 499 g/mol. The Morgan fingerprint density at radius 2 is 1.35 bits per heavy atom. The highest BCUT2D eigenvalue weighted by Gasteiger charge is 2.47. The van der Waals surface area contributed by atoms with E-state index in [9.17, 15) is 39.6 Å². The van der Waals surface area contributed by atoms with Crippen molar-refractivity contribution in [2.24, 2.45) is 0 Å². The molecule has 4 rings (SSSR count). The van der Waals surface area contributed by atoms with E-state index in [0.717, 1.165) is 0 Å². The summed E-state index contributed by atoms with van der Waals surface area (Å²) in [5, 5.41) is 0. The fourth-order valence-corrected chi connectivity index (χ4v) is 5.52. The van der Waals surface area contributed by atoms with Gasteiger partial charge in [-0.1, -0.05) is 36.4 Å². The summed E-state index contributed by atoms with van der Waals surface area (Å²) in [7, 11) is -4.65. The van der Waals surface area contributed by atoms with Crippen molar-refractivity contribution in [3.63, 3.8) is 0 Å². The Bertz CT molecular complexity index is 1350. The molecule has 1 atom stereocenters. The molecule has 3 aromatic carbocycles. The van der Waals surface area contributed by atoms with Gasteiger partial charge in [0.25, 0.3) is 15.9 Å². The SMILES string of the molecule is Cc1cccc2c1C(=O)N(S(=O)(=O)c1ccccc1)C2c1cc(C(F)(F)F)cc(C(F)(F)F)c1. The number of amides is 1. The highest BCUT2D eigenvalue weighted by atomic mass is 32.2. The number of benzene rings is 3. The third-order valence-corrected chi connectivity index (χ3v) is 7.24. The highest BCUT2D eigenvalue weighted by Crippen LogP contribution is 2.46. The Labute approximate surface area is 190 Å². The van der Waals surface area contributed by atoms with Crippen LogP contribution in [0.5, 0.6) is 0 Å². The first-order valence-electron chi connectivity index (χ1n) is 9.75. The van der Waals surface area contributed by atoms with E-state index in [4.69, 9.17) is 0 Å². The third-order valence-electron chi connectivity index (χ3n) is 5.47. The number of alkyl halides is 6. The Morgan fingerprint density at radius 3 is 1.88 bits per heavy atom. The van der Waals surface area contributed by atoms with Crippen molar-refractivity contribution in [2.75, 3.05) is 0 Å². The molecule has 1 amide bonds. The number of aryl methyl sites for hydroxylation is 1. The summed E-state index contributed by atoms with van der Waals surface area (Å²) < 4.78 is 108. The van der Waals surface area contributed by atoms with Crippen LogP contribution in [-0.2, 0) is 22.4 Å². The predicted octanol–water partition coefficient (Wildman–Crippen LogP) is 5.97. The maximum atomic E-state index is 13.5. The van der Waals surface area contributed by atoms with Crippen LogP contribution in [0.4, 0.5) is 26.3 Å². The fourth-order valence-electron chi connectivity index (χ4n) is 3.97. The maximum absolute atomic E-state index is 13.5. The highest BCUT2D eigenvalue weighted by molar-refractivity contribution is 7.89. The van der Waals surface area contributed by atoms with E-state index in [0.29, 0.717) is 22.0 Å². The fraction of sp³-hybridized carbons (Fsp3) is 0.174. The zero-order valence-corrected chi connectivity index (χ0v) is 18.1. The smallest absolute Gasteiger partial charge is 0.268 e. The second-order valence-electron chi connectivity index (χ2n) is 7.70. The molecule has 0 radical (unpaired) electrons. The molecular formula is C23H15F6NO3S. The molecule has 1 aliphatic heterocycles. The van der Waals surface area contributed by atoms with Gasteiger partial charge in [0, 0.05) is 5.56 Å². The van der Waals surface area contributed by atoms with Gasteiger partial charge in [-0.3, -0.25) is 4.79 Å². The molecule has 0 fully saturated rings.